The van der Waals surface area contributed by atoms with Gasteiger partial charge in [-0.05, 0) is 50.1 Å². The number of carbonyl (C=O) groups is 1. The summed E-state index contributed by atoms with van der Waals surface area (Å²) in [5.41, 5.74) is 4.81. The molecule has 0 saturated carbocycles. The van der Waals surface area contributed by atoms with E-state index < -0.39 is 5.25 Å². The van der Waals surface area contributed by atoms with E-state index >= 15 is 0 Å². The number of nitrogens with zero attached hydrogens (tertiary/aromatic N) is 3. The number of aryl methyl sites for hydroxylation is 2. The lowest BCUT2D eigenvalue weighted by molar-refractivity contribution is -0.115. The number of thioether (sulfide) groups is 1. The fourth-order valence-electron chi connectivity index (χ4n) is 3.60. The molecule has 1 aromatic heterocycles. The van der Waals surface area contributed by atoms with Crippen LogP contribution < -0.4 is 10.1 Å². The average Bonchev–Trinajstić information content (AvgIpc) is 3.27. The van der Waals surface area contributed by atoms with E-state index in [-0.39, 0.29) is 5.91 Å². The van der Waals surface area contributed by atoms with Gasteiger partial charge in [0.05, 0.1) is 18.0 Å². The van der Waals surface area contributed by atoms with Crippen LogP contribution in [0.4, 0.5) is 5.69 Å². The molecule has 1 heterocycles. The largest absolute Gasteiger partial charge is 0.492 e. The van der Waals surface area contributed by atoms with Crippen LogP contribution in [0.15, 0.2) is 84.3 Å². The smallest absolute Gasteiger partial charge is 0.242 e. The standard InChI is InChI=1S/C26H26N4O2S/c1-4-32-23-13-9-8-12-21(23)28-25(31)24(20-10-6-5-7-11-20)33-26-29-27-17-30(26)22-15-14-18(2)16-19(22)3/h5-17,24H,4H2,1-3H3,(H,28,31). The lowest BCUT2D eigenvalue weighted by Crippen LogP contribution is -2.20. The van der Waals surface area contributed by atoms with E-state index in [0.29, 0.717) is 23.2 Å². The molecule has 0 saturated heterocycles. The highest BCUT2D eigenvalue weighted by Gasteiger charge is 2.26. The molecule has 1 atom stereocenters. The number of hydrogen-bond donors (Lipinski definition) is 1. The van der Waals surface area contributed by atoms with Crippen LogP contribution in [-0.2, 0) is 4.79 Å². The van der Waals surface area contributed by atoms with E-state index in [1.54, 1.807) is 6.33 Å². The second kappa shape index (κ2) is 10.4. The predicted octanol–water partition coefficient (Wildman–Crippen LogP) is 5.75. The Kier molecular flexibility index (Phi) is 7.10. The Labute approximate surface area is 198 Å². The maximum absolute atomic E-state index is 13.5. The topological polar surface area (TPSA) is 69.0 Å². The van der Waals surface area contributed by atoms with E-state index in [2.05, 4.69) is 41.5 Å². The van der Waals surface area contributed by atoms with E-state index in [0.717, 1.165) is 16.8 Å². The van der Waals surface area contributed by atoms with Crippen LogP contribution in [0.2, 0.25) is 0 Å². The highest BCUT2D eigenvalue weighted by molar-refractivity contribution is 8.00. The molecule has 0 aliphatic rings. The molecule has 0 fully saturated rings. The zero-order chi connectivity index (χ0) is 23.2. The Morgan fingerprint density at radius 2 is 1.82 bits per heavy atom. The molecule has 1 amide bonds. The Morgan fingerprint density at radius 3 is 2.58 bits per heavy atom. The third-order valence-electron chi connectivity index (χ3n) is 5.14. The third kappa shape index (κ3) is 5.26. The summed E-state index contributed by atoms with van der Waals surface area (Å²) in [5, 5.41) is 11.6. The molecule has 0 aliphatic carbocycles. The monoisotopic (exact) mass is 458 g/mol. The molecule has 33 heavy (non-hydrogen) atoms. The molecule has 0 radical (unpaired) electrons. The summed E-state index contributed by atoms with van der Waals surface area (Å²) in [6.07, 6.45) is 1.68. The number of hydrogen-bond acceptors (Lipinski definition) is 5. The van der Waals surface area contributed by atoms with Gasteiger partial charge in [0.25, 0.3) is 0 Å². The average molecular weight is 459 g/mol. The van der Waals surface area contributed by atoms with Gasteiger partial charge in [-0.3, -0.25) is 9.36 Å². The molecule has 0 spiro atoms. The van der Waals surface area contributed by atoms with Gasteiger partial charge in [0.2, 0.25) is 5.91 Å². The summed E-state index contributed by atoms with van der Waals surface area (Å²) >= 11 is 1.37. The van der Waals surface area contributed by atoms with Gasteiger partial charge in [-0.15, -0.1) is 10.2 Å². The van der Waals surface area contributed by atoms with Gasteiger partial charge in [-0.25, -0.2) is 0 Å². The maximum atomic E-state index is 13.5. The summed E-state index contributed by atoms with van der Waals surface area (Å²) in [5.74, 6) is 0.483. The number of benzene rings is 3. The van der Waals surface area contributed by atoms with Gasteiger partial charge in [0.15, 0.2) is 5.16 Å². The van der Waals surface area contributed by atoms with Crippen LogP contribution in [0.1, 0.15) is 28.9 Å². The zero-order valence-electron chi connectivity index (χ0n) is 18.9. The van der Waals surface area contributed by atoms with Gasteiger partial charge >= 0.3 is 0 Å². The van der Waals surface area contributed by atoms with Crippen molar-refractivity contribution in [1.82, 2.24) is 14.8 Å². The van der Waals surface area contributed by atoms with Crippen LogP contribution in [0.3, 0.4) is 0 Å². The number of para-hydroxylation sites is 2. The minimum absolute atomic E-state index is 0.159. The minimum atomic E-state index is -0.533. The molecule has 4 aromatic rings. The van der Waals surface area contributed by atoms with Crippen molar-refractivity contribution in [2.45, 2.75) is 31.2 Å². The van der Waals surface area contributed by atoms with E-state index in [1.807, 2.05) is 72.2 Å². The molecule has 3 aromatic carbocycles. The number of carbonyl (C=O) groups excluding carboxylic acids is 1. The molecule has 1 unspecified atom stereocenters. The first-order chi connectivity index (χ1) is 16.1. The van der Waals surface area contributed by atoms with E-state index in [1.165, 1.54) is 17.3 Å². The van der Waals surface area contributed by atoms with Crippen molar-refractivity contribution >= 4 is 23.4 Å². The lowest BCUT2D eigenvalue weighted by Gasteiger charge is -2.19. The Balaban J connectivity index is 1.66. The SMILES string of the molecule is CCOc1ccccc1NC(=O)C(Sc1nncn1-c1ccc(C)cc1C)c1ccccc1. The van der Waals surface area contributed by atoms with Crippen LogP contribution in [0.5, 0.6) is 5.75 Å². The number of anilines is 1. The van der Waals surface area contributed by atoms with E-state index in [9.17, 15) is 4.79 Å². The second-order valence-electron chi connectivity index (χ2n) is 7.60. The van der Waals surface area contributed by atoms with Crippen molar-refractivity contribution in [1.29, 1.82) is 0 Å². The molecule has 0 aliphatic heterocycles. The number of aromatic nitrogens is 3. The zero-order valence-corrected chi connectivity index (χ0v) is 19.7. The number of rotatable bonds is 8. The number of amides is 1. The fraction of sp³-hybridized carbons (Fsp3) is 0.192. The molecular formula is C26H26N4O2S. The lowest BCUT2D eigenvalue weighted by atomic mass is 10.1. The maximum Gasteiger partial charge on any atom is 0.242 e. The molecule has 1 N–H and O–H groups in total. The predicted molar refractivity (Wildman–Crippen MR) is 132 cm³/mol. The normalized spacial score (nSPS) is 11.7. The minimum Gasteiger partial charge on any atom is -0.492 e. The summed E-state index contributed by atoms with van der Waals surface area (Å²) in [7, 11) is 0. The second-order valence-corrected chi connectivity index (χ2v) is 8.67. The van der Waals surface area contributed by atoms with Crippen LogP contribution >= 0.6 is 11.8 Å². The Morgan fingerprint density at radius 1 is 1.06 bits per heavy atom. The van der Waals surface area contributed by atoms with Crippen molar-refractivity contribution in [3.63, 3.8) is 0 Å². The van der Waals surface area contributed by atoms with Crippen LogP contribution in [0, 0.1) is 13.8 Å². The van der Waals surface area contributed by atoms with Crippen molar-refractivity contribution in [3.8, 4) is 11.4 Å². The molecule has 6 nitrogen and oxygen atoms in total. The molecule has 7 heteroatoms. The fourth-order valence-corrected chi connectivity index (χ4v) is 4.62. The molecule has 4 rings (SSSR count). The summed E-state index contributed by atoms with van der Waals surface area (Å²) in [4.78, 5) is 13.5. The van der Waals surface area contributed by atoms with Gasteiger partial charge in [-0.2, -0.15) is 0 Å². The Hall–Kier alpha value is -3.58. The quantitative estimate of drug-likeness (QED) is 0.340. The highest BCUT2D eigenvalue weighted by atomic mass is 32.2. The van der Waals surface area contributed by atoms with Gasteiger partial charge in [0, 0.05) is 0 Å². The van der Waals surface area contributed by atoms with Crippen LogP contribution in [0.25, 0.3) is 5.69 Å². The van der Waals surface area contributed by atoms with Crippen molar-refractivity contribution in [2.75, 3.05) is 11.9 Å². The summed E-state index contributed by atoms with van der Waals surface area (Å²) in [6.45, 7) is 6.56. The van der Waals surface area contributed by atoms with Crippen LogP contribution in [-0.4, -0.2) is 27.3 Å². The molecular weight excluding hydrogens is 432 g/mol. The molecule has 0 bridgehead atoms. The van der Waals surface area contributed by atoms with Gasteiger partial charge in [0.1, 0.15) is 17.3 Å². The summed E-state index contributed by atoms with van der Waals surface area (Å²) < 4.78 is 7.61. The van der Waals surface area contributed by atoms with Crippen molar-refractivity contribution in [2.24, 2.45) is 0 Å². The van der Waals surface area contributed by atoms with Gasteiger partial charge in [-0.1, -0.05) is 71.9 Å². The highest BCUT2D eigenvalue weighted by Crippen LogP contribution is 2.37. The van der Waals surface area contributed by atoms with E-state index in [4.69, 9.17) is 4.74 Å². The number of nitrogens with one attached hydrogen (secondary N) is 1. The van der Waals surface area contributed by atoms with Crippen molar-refractivity contribution in [3.05, 3.63) is 95.8 Å². The Bertz CT molecular complexity index is 1240. The third-order valence-corrected chi connectivity index (χ3v) is 6.35. The first-order valence-corrected chi connectivity index (χ1v) is 11.7. The molecule has 168 valence electrons. The first kappa shape index (κ1) is 22.6. The van der Waals surface area contributed by atoms with Crippen molar-refractivity contribution < 1.29 is 9.53 Å². The summed E-state index contributed by atoms with van der Waals surface area (Å²) in [6, 6.07) is 23.4. The number of ether oxygens (including phenoxy) is 1. The first-order valence-electron chi connectivity index (χ1n) is 10.8. The van der Waals surface area contributed by atoms with Gasteiger partial charge < -0.3 is 10.1 Å².